The zero-order valence-corrected chi connectivity index (χ0v) is 12.9. The third-order valence-corrected chi connectivity index (χ3v) is 3.25. The minimum Gasteiger partial charge on any atom is -0.351 e. The predicted octanol–water partition coefficient (Wildman–Crippen LogP) is 1.45. The summed E-state index contributed by atoms with van der Waals surface area (Å²) in [7, 11) is 4.04. The summed E-state index contributed by atoms with van der Waals surface area (Å²) in [5.74, 6) is 0.774. The van der Waals surface area contributed by atoms with Gasteiger partial charge < -0.3 is 16.0 Å². The maximum Gasteiger partial charge on any atom is 0.237 e. The number of hydrogen-bond donors (Lipinski definition) is 2. The van der Waals surface area contributed by atoms with E-state index in [9.17, 15) is 4.79 Å². The average molecular weight is 257 g/mol. The highest BCUT2D eigenvalue weighted by Gasteiger charge is 2.22. The molecule has 0 bridgehead atoms. The molecular weight excluding hydrogens is 226 g/mol. The van der Waals surface area contributed by atoms with E-state index in [0.717, 1.165) is 19.4 Å². The first-order valence-corrected chi connectivity index (χ1v) is 6.98. The first-order chi connectivity index (χ1) is 8.27. The Labute approximate surface area is 112 Å². The molecule has 2 unspecified atom stereocenters. The zero-order chi connectivity index (χ0) is 14.3. The zero-order valence-electron chi connectivity index (χ0n) is 12.9. The highest BCUT2D eigenvalue weighted by molar-refractivity contribution is 5.82. The van der Waals surface area contributed by atoms with Gasteiger partial charge in [0.15, 0.2) is 0 Å². The lowest BCUT2D eigenvalue weighted by Gasteiger charge is -2.26. The lowest BCUT2D eigenvalue weighted by Crippen LogP contribution is -2.51. The number of hydrogen-bond acceptors (Lipinski definition) is 3. The highest BCUT2D eigenvalue weighted by Crippen LogP contribution is 2.09. The van der Waals surface area contributed by atoms with Crippen molar-refractivity contribution in [3.05, 3.63) is 0 Å². The lowest BCUT2D eigenvalue weighted by atomic mass is 9.98. The van der Waals surface area contributed by atoms with Crippen molar-refractivity contribution >= 4 is 5.91 Å². The van der Waals surface area contributed by atoms with Crippen LogP contribution in [0.25, 0.3) is 0 Å². The predicted molar refractivity (Wildman–Crippen MR) is 77.4 cm³/mol. The van der Waals surface area contributed by atoms with Gasteiger partial charge >= 0.3 is 0 Å². The van der Waals surface area contributed by atoms with Gasteiger partial charge in [-0.1, -0.05) is 34.1 Å². The summed E-state index contributed by atoms with van der Waals surface area (Å²) in [4.78, 5) is 14.2. The summed E-state index contributed by atoms with van der Waals surface area (Å²) >= 11 is 0. The molecule has 0 aliphatic heterocycles. The molecule has 18 heavy (non-hydrogen) atoms. The van der Waals surface area contributed by atoms with Gasteiger partial charge in [0.25, 0.3) is 0 Å². The van der Waals surface area contributed by atoms with Crippen LogP contribution < -0.4 is 11.1 Å². The van der Waals surface area contributed by atoms with Gasteiger partial charge in [0, 0.05) is 12.6 Å². The fourth-order valence-corrected chi connectivity index (χ4v) is 2.00. The van der Waals surface area contributed by atoms with Crippen LogP contribution in [0.5, 0.6) is 0 Å². The van der Waals surface area contributed by atoms with Crippen molar-refractivity contribution in [3.63, 3.8) is 0 Å². The number of nitrogens with one attached hydrogen (secondary N) is 1. The molecule has 0 saturated carbocycles. The van der Waals surface area contributed by atoms with Gasteiger partial charge in [-0.05, 0) is 32.4 Å². The second-order valence-electron chi connectivity index (χ2n) is 6.01. The molecule has 108 valence electrons. The van der Waals surface area contributed by atoms with Crippen molar-refractivity contribution in [1.29, 1.82) is 0 Å². The van der Waals surface area contributed by atoms with E-state index >= 15 is 0 Å². The minimum absolute atomic E-state index is 0.0168. The fraction of sp³-hybridized carbons (Fsp3) is 0.929. The van der Waals surface area contributed by atoms with Gasteiger partial charge in [-0.15, -0.1) is 0 Å². The quantitative estimate of drug-likeness (QED) is 0.692. The standard InChI is InChI=1S/C14H31N3O/c1-7-11(4)13(15)14(18)16-12(8-10(2)3)9-17(5)6/h10-13H,7-9,15H2,1-6H3,(H,16,18)/t11?,12?,13-/m0/s1. The first-order valence-electron chi connectivity index (χ1n) is 6.98. The van der Waals surface area contributed by atoms with E-state index in [1.807, 2.05) is 21.0 Å². The Morgan fingerprint density at radius 2 is 1.83 bits per heavy atom. The molecule has 0 rings (SSSR count). The number of amides is 1. The molecule has 0 aliphatic rings. The molecule has 0 saturated heterocycles. The summed E-state index contributed by atoms with van der Waals surface area (Å²) in [6.45, 7) is 9.28. The third kappa shape index (κ3) is 6.97. The van der Waals surface area contributed by atoms with Crippen LogP contribution in [0.2, 0.25) is 0 Å². The Hall–Kier alpha value is -0.610. The SMILES string of the molecule is CCC(C)[C@H](N)C(=O)NC(CC(C)C)CN(C)C. The van der Waals surface area contributed by atoms with Crippen LogP contribution in [0, 0.1) is 11.8 Å². The average Bonchev–Trinajstić information content (AvgIpc) is 2.24. The van der Waals surface area contributed by atoms with Crippen LogP contribution in [-0.2, 0) is 4.79 Å². The van der Waals surface area contributed by atoms with Crippen molar-refractivity contribution in [3.8, 4) is 0 Å². The molecule has 0 aromatic carbocycles. The van der Waals surface area contributed by atoms with Crippen molar-refractivity contribution in [1.82, 2.24) is 10.2 Å². The van der Waals surface area contributed by atoms with Crippen LogP contribution in [0.4, 0.5) is 0 Å². The topological polar surface area (TPSA) is 58.4 Å². The molecule has 0 fully saturated rings. The van der Waals surface area contributed by atoms with E-state index in [-0.39, 0.29) is 17.9 Å². The van der Waals surface area contributed by atoms with Crippen molar-refractivity contribution in [2.45, 2.75) is 52.6 Å². The molecule has 4 heteroatoms. The highest BCUT2D eigenvalue weighted by atomic mass is 16.2. The summed E-state index contributed by atoms with van der Waals surface area (Å²) in [5.41, 5.74) is 5.96. The third-order valence-electron chi connectivity index (χ3n) is 3.25. The Balaban J connectivity index is 4.42. The van der Waals surface area contributed by atoms with E-state index in [1.54, 1.807) is 0 Å². The molecular formula is C14H31N3O. The van der Waals surface area contributed by atoms with Gasteiger partial charge in [0.1, 0.15) is 0 Å². The minimum atomic E-state index is -0.396. The van der Waals surface area contributed by atoms with E-state index < -0.39 is 6.04 Å². The van der Waals surface area contributed by atoms with Crippen molar-refractivity contribution in [2.24, 2.45) is 17.6 Å². The molecule has 4 nitrogen and oxygen atoms in total. The number of nitrogens with zero attached hydrogens (tertiary/aromatic N) is 1. The molecule has 0 aliphatic carbocycles. The van der Waals surface area contributed by atoms with Gasteiger partial charge in [-0.25, -0.2) is 0 Å². The van der Waals surface area contributed by atoms with Crippen molar-refractivity contribution < 1.29 is 4.79 Å². The Kier molecular flexibility index (Phi) is 8.20. The van der Waals surface area contributed by atoms with Crippen LogP contribution >= 0.6 is 0 Å². The molecule has 3 atom stereocenters. The first kappa shape index (κ1) is 17.4. The normalized spacial score (nSPS) is 16.7. The number of likely N-dealkylation sites (N-methyl/N-ethyl adjacent to an activating group) is 1. The molecule has 0 radical (unpaired) electrons. The summed E-state index contributed by atoms with van der Waals surface area (Å²) in [6, 6.07) is -0.213. The smallest absolute Gasteiger partial charge is 0.237 e. The number of carbonyl (C=O) groups excluding carboxylic acids is 1. The van der Waals surface area contributed by atoms with Gasteiger partial charge in [0.2, 0.25) is 5.91 Å². The second-order valence-corrected chi connectivity index (χ2v) is 6.01. The fourth-order valence-electron chi connectivity index (χ4n) is 2.00. The summed E-state index contributed by atoms with van der Waals surface area (Å²) < 4.78 is 0. The Morgan fingerprint density at radius 3 is 2.22 bits per heavy atom. The van der Waals surface area contributed by atoms with Gasteiger partial charge in [-0.3, -0.25) is 4.79 Å². The molecule has 0 heterocycles. The van der Waals surface area contributed by atoms with E-state index in [1.165, 1.54) is 0 Å². The number of nitrogens with two attached hydrogens (primary N) is 1. The molecule has 1 amide bonds. The molecule has 0 aromatic rings. The Morgan fingerprint density at radius 1 is 1.28 bits per heavy atom. The van der Waals surface area contributed by atoms with Gasteiger partial charge in [-0.2, -0.15) is 0 Å². The van der Waals surface area contributed by atoms with Crippen molar-refractivity contribution in [2.75, 3.05) is 20.6 Å². The molecule has 0 aromatic heterocycles. The van der Waals surface area contributed by atoms with E-state index in [0.29, 0.717) is 5.92 Å². The monoisotopic (exact) mass is 257 g/mol. The maximum atomic E-state index is 12.1. The van der Waals surface area contributed by atoms with E-state index in [2.05, 4.69) is 31.0 Å². The summed E-state index contributed by atoms with van der Waals surface area (Å²) in [6.07, 6.45) is 1.91. The van der Waals surface area contributed by atoms with E-state index in [4.69, 9.17) is 5.73 Å². The van der Waals surface area contributed by atoms with Crippen LogP contribution in [0.15, 0.2) is 0 Å². The second kappa shape index (κ2) is 8.48. The lowest BCUT2D eigenvalue weighted by molar-refractivity contribution is -0.124. The van der Waals surface area contributed by atoms with Gasteiger partial charge in [0.05, 0.1) is 6.04 Å². The Bertz CT molecular complexity index is 231. The maximum absolute atomic E-state index is 12.1. The number of rotatable bonds is 8. The van der Waals surface area contributed by atoms with Crippen LogP contribution in [0.3, 0.4) is 0 Å². The van der Waals surface area contributed by atoms with Crippen LogP contribution in [0.1, 0.15) is 40.5 Å². The summed E-state index contributed by atoms with van der Waals surface area (Å²) in [5, 5.41) is 3.09. The number of carbonyl (C=O) groups is 1. The molecule has 3 N–H and O–H groups in total. The largest absolute Gasteiger partial charge is 0.351 e. The molecule has 0 spiro atoms. The van der Waals surface area contributed by atoms with Crippen LogP contribution in [-0.4, -0.2) is 43.5 Å².